The molecule has 0 saturated heterocycles. The highest BCUT2D eigenvalue weighted by molar-refractivity contribution is 7.18. The molecule has 0 atom stereocenters. The molecule has 0 bridgehead atoms. The van der Waals surface area contributed by atoms with Crippen LogP contribution in [0.3, 0.4) is 0 Å². The number of aromatic nitrogens is 4. The predicted octanol–water partition coefficient (Wildman–Crippen LogP) is 2.87. The SMILES string of the molecule is O=C(NCc1nc2ccccc2s1)c1cn(Cc2ccccc2)nn1. The predicted molar refractivity (Wildman–Crippen MR) is 96.4 cm³/mol. The van der Waals surface area contributed by atoms with Crippen LogP contribution >= 0.6 is 11.3 Å². The lowest BCUT2D eigenvalue weighted by molar-refractivity contribution is 0.0946. The zero-order valence-electron chi connectivity index (χ0n) is 13.3. The molecule has 0 aliphatic heterocycles. The quantitative estimate of drug-likeness (QED) is 0.601. The number of fused-ring (bicyclic) bond motifs is 1. The fraction of sp³-hybridized carbons (Fsp3) is 0.111. The molecule has 0 unspecified atom stereocenters. The van der Waals surface area contributed by atoms with Crippen LogP contribution in [0.5, 0.6) is 0 Å². The second kappa shape index (κ2) is 6.82. The molecule has 0 aliphatic rings. The van der Waals surface area contributed by atoms with E-state index in [-0.39, 0.29) is 5.91 Å². The Morgan fingerprint density at radius 3 is 2.72 bits per heavy atom. The van der Waals surface area contributed by atoms with Gasteiger partial charge in [0.15, 0.2) is 5.69 Å². The van der Waals surface area contributed by atoms with Crippen molar-refractivity contribution >= 4 is 27.5 Å². The molecule has 2 aromatic carbocycles. The monoisotopic (exact) mass is 349 g/mol. The van der Waals surface area contributed by atoms with E-state index < -0.39 is 0 Å². The van der Waals surface area contributed by atoms with Gasteiger partial charge in [0.2, 0.25) is 0 Å². The lowest BCUT2D eigenvalue weighted by atomic mass is 10.2. The molecule has 124 valence electrons. The van der Waals surface area contributed by atoms with Crippen LogP contribution in [-0.2, 0) is 13.1 Å². The molecule has 7 heteroatoms. The van der Waals surface area contributed by atoms with Gasteiger partial charge in [-0.1, -0.05) is 47.7 Å². The summed E-state index contributed by atoms with van der Waals surface area (Å²) in [5.41, 5.74) is 2.36. The molecule has 0 saturated carbocycles. The maximum absolute atomic E-state index is 12.2. The first-order valence-corrected chi connectivity index (χ1v) is 8.66. The Morgan fingerprint density at radius 1 is 1.08 bits per heavy atom. The number of amides is 1. The molecule has 0 spiro atoms. The van der Waals surface area contributed by atoms with Gasteiger partial charge in [0.25, 0.3) is 5.91 Å². The van der Waals surface area contributed by atoms with E-state index in [0.717, 1.165) is 20.8 Å². The van der Waals surface area contributed by atoms with Crippen molar-refractivity contribution in [2.24, 2.45) is 0 Å². The van der Waals surface area contributed by atoms with Gasteiger partial charge in [-0.05, 0) is 17.7 Å². The van der Waals surface area contributed by atoms with Crippen molar-refractivity contribution in [1.29, 1.82) is 0 Å². The van der Waals surface area contributed by atoms with Crippen LogP contribution in [0.25, 0.3) is 10.2 Å². The zero-order valence-corrected chi connectivity index (χ0v) is 14.1. The molecular weight excluding hydrogens is 334 g/mol. The van der Waals surface area contributed by atoms with E-state index in [2.05, 4.69) is 20.6 Å². The summed E-state index contributed by atoms with van der Waals surface area (Å²) in [6.45, 7) is 0.961. The van der Waals surface area contributed by atoms with E-state index in [1.165, 1.54) is 0 Å². The van der Waals surface area contributed by atoms with Gasteiger partial charge < -0.3 is 5.32 Å². The summed E-state index contributed by atoms with van der Waals surface area (Å²) in [6.07, 6.45) is 1.65. The third-order valence-corrected chi connectivity index (χ3v) is 4.73. The van der Waals surface area contributed by atoms with E-state index in [1.807, 2.05) is 54.6 Å². The fourth-order valence-electron chi connectivity index (χ4n) is 2.49. The number of carbonyl (C=O) groups excluding carboxylic acids is 1. The van der Waals surface area contributed by atoms with Gasteiger partial charge in [-0.25, -0.2) is 9.67 Å². The lowest BCUT2D eigenvalue weighted by Crippen LogP contribution is -2.23. The summed E-state index contributed by atoms with van der Waals surface area (Å²) in [4.78, 5) is 16.8. The smallest absolute Gasteiger partial charge is 0.273 e. The zero-order chi connectivity index (χ0) is 17.1. The number of hydrogen-bond donors (Lipinski definition) is 1. The van der Waals surface area contributed by atoms with Crippen LogP contribution in [0.2, 0.25) is 0 Å². The number of hydrogen-bond acceptors (Lipinski definition) is 5. The number of benzene rings is 2. The van der Waals surface area contributed by atoms with Gasteiger partial charge in [0.1, 0.15) is 5.01 Å². The van der Waals surface area contributed by atoms with Gasteiger partial charge in [0.05, 0.1) is 29.5 Å². The largest absolute Gasteiger partial charge is 0.344 e. The molecule has 1 amide bonds. The van der Waals surface area contributed by atoms with Crippen LogP contribution in [0, 0.1) is 0 Å². The molecule has 25 heavy (non-hydrogen) atoms. The molecule has 0 aliphatic carbocycles. The van der Waals surface area contributed by atoms with Crippen molar-refractivity contribution in [3.05, 3.63) is 77.1 Å². The topological polar surface area (TPSA) is 72.7 Å². The highest BCUT2D eigenvalue weighted by atomic mass is 32.1. The number of para-hydroxylation sites is 1. The van der Waals surface area contributed by atoms with Gasteiger partial charge in [-0.3, -0.25) is 4.79 Å². The van der Waals surface area contributed by atoms with E-state index in [4.69, 9.17) is 0 Å². The molecule has 0 radical (unpaired) electrons. The molecule has 6 nitrogen and oxygen atoms in total. The van der Waals surface area contributed by atoms with E-state index in [0.29, 0.717) is 18.8 Å². The fourth-order valence-corrected chi connectivity index (χ4v) is 3.40. The third-order valence-electron chi connectivity index (χ3n) is 3.70. The minimum absolute atomic E-state index is 0.251. The van der Waals surface area contributed by atoms with Crippen LogP contribution in [0.15, 0.2) is 60.8 Å². The summed E-state index contributed by atoms with van der Waals surface area (Å²) in [7, 11) is 0. The highest BCUT2D eigenvalue weighted by Gasteiger charge is 2.12. The standard InChI is InChI=1S/C18H15N5OS/c24-18(19-10-17-20-14-8-4-5-9-16(14)25-17)15-12-23(22-21-15)11-13-6-2-1-3-7-13/h1-9,12H,10-11H2,(H,19,24). The Labute approximate surface area is 148 Å². The molecule has 1 N–H and O–H groups in total. The number of nitrogens with zero attached hydrogens (tertiary/aromatic N) is 4. The summed E-state index contributed by atoms with van der Waals surface area (Å²) in [5.74, 6) is -0.251. The average molecular weight is 349 g/mol. The second-order valence-corrected chi connectivity index (χ2v) is 6.66. The Kier molecular flexibility index (Phi) is 4.22. The minimum Gasteiger partial charge on any atom is -0.344 e. The van der Waals surface area contributed by atoms with Crippen molar-refractivity contribution in [3.8, 4) is 0 Å². The Morgan fingerprint density at radius 2 is 1.88 bits per heavy atom. The van der Waals surface area contributed by atoms with Crippen molar-refractivity contribution in [2.45, 2.75) is 13.1 Å². The Bertz CT molecular complexity index is 975. The number of carbonyl (C=O) groups is 1. The molecule has 4 aromatic rings. The van der Waals surface area contributed by atoms with Crippen LogP contribution in [-0.4, -0.2) is 25.9 Å². The Balaban J connectivity index is 1.39. The third kappa shape index (κ3) is 3.56. The molecule has 2 aromatic heterocycles. The van der Waals surface area contributed by atoms with Gasteiger partial charge >= 0.3 is 0 Å². The summed E-state index contributed by atoms with van der Waals surface area (Å²) in [6, 6.07) is 17.8. The maximum atomic E-state index is 12.2. The summed E-state index contributed by atoms with van der Waals surface area (Å²) in [5, 5.41) is 11.7. The van der Waals surface area contributed by atoms with E-state index >= 15 is 0 Å². The first-order valence-electron chi connectivity index (χ1n) is 7.84. The second-order valence-electron chi connectivity index (χ2n) is 5.54. The maximum Gasteiger partial charge on any atom is 0.273 e. The first-order chi connectivity index (χ1) is 12.3. The Hall–Kier alpha value is -3.06. The van der Waals surface area contributed by atoms with E-state index in [9.17, 15) is 4.79 Å². The molecular formula is C18H15N5OS. The molecule has 0 fully saturated rings. The van der Waals surface area contributed by atoms with Crippen molar-refractivity contribution in [2.75, 3.05) is 0 Å². The lowest BCUT2D eigenvalue weighted by Gasteiger charge is -2.00. The van der Waals surface area contributed by atoms with Crippen molar-refractivity contribution in [1.82, 2.24) is 25.3 Å². The first kappa shape index (κ1) is 15.5. The van der Waals surface area contributed by atoms with Gasteiger partial charge in [-0.2, -0.15) is 0 Å². The normalized spacial score (nSPS) is 10.9. The number of thiazole rings is 1. The highest BCUT2D eigenvalue weighted by Crippen LogP contribution is 2.21. The van der Waals surface area contributed by atoms with Gasteiger partial charge in [-0.15, -0.1) is 16.4 Å². The van der Waals surface area contributed by atoms with Crippen molar-refractivity contribution < 1.29 is 4.79 Å². The summed E-state index contributed by atoms with van der Waals surface area (Å²) >= 11 is 1.57. The minimum atomic E-state index is -0.251. The van der Waals surface area contributed by atoms with Crippen molar-refractivity contribution in [3.63, 3.8) is 0 Å². The van der Waals surface area contributed by atoms with Crippen LogP contribution in [0.4, 0.5) is 0 Å². The van der Waals surface area contributed by atoms with E-state index in [1.54, 1.807) is 22.2 Å². The average Bonchev–Trinajstić information content (AvgIpc) is 3.27. The van der Waals surface area contributed by atoms with Gasteiger partial charge in [0, 0.05) is 0 Å². The summed E-state index contributed by atoms with van der Waals surface area (Å²) < 4.78 is 2.77. The van der Waals surface area contributed by atoms with Crippen LogP contribution in [0.1, 0.15) is 21.1 Å². The molecule has 2 heterocycles. The van der Waals surface area contributed by atoms with Crippen LogP contribution < -0.4 is 5.32 Å². The number of nitrogens with one attached hydrogen (secondary N) is 1. The number of rotatable bonds is 5. The molecule has 4 rings (SSSR count).